The molecule has 0 fully saturated rings. The van der Waals surface area contributed by atoms with Crippen LogP contribution in [0.4, 0.5) is 0 Å². The molecule has 2 aliphatic rings. The number of halogens is 1. The van der Waals surface area contributed by atoms with Gasteiger partial charge in [-0.2, -0.15) is 0 Å². The molecule has 2 aliphatic heterocycles. The number of benzene rings is 1. The van der Waals surface area contributed by atoms with Gasteiger partial charge in [0.2, 0.25) is 5.90 Å². The van der Waals surface area contributed by atoms with Crippen LogP contribution < -0.4 is 14.8 Å². The molecule has 0 radical (unpaired) electrons. The lowest BCUT2D eigenvalue weighted by Crippen LogP contribution is -2.37. The van der Waals surface area contributed by atoms with Crippen molar-refractivity contribution < 1.29 is 19.4 Å². The van der Waals surface area contributed by atoms with E-state index in [2.05, 4.69) is 10.3 Å². The molecule has 6 nitrogen and oxygen atoms in total. The first-order valence-corrected chi connectivity index (χ1v) is 8.37. The highest BCUT2D eigenvalue weighted by molar-refractivity contribution is 6.35. The van der Waals surface area contributed by atoms with Crippen LogP contribution in [0.2, 0.25) is 5.02 Å². The average molecular weight is 351 g/mol. The number of unbranched alkanes of at least 4 members (excludes halogenated alkanes) is 3. The van der Waals surface area contributed by atoms with E-state index in [9.17, 15) is 4.79 Å². The maximum Gasteiger partial charge on any atom is 0.258 e. The summed E-state index contributed by atoms with van der Waals surface area (Å²) in [6.45, 7) is 0.975. The van der Waals surface area contributed by atoms with Crippen LogP contribution in [0.3, 0.4) is 0 Å². The third kappa shape index (κ3) is 3.55. The van der Waals surface area contributed by atoms with E-state index >= 15 is 0 Å². The number of nitrogens with zero attached hydrogens (tertiary/aromatic N) is 1. The molecule has 24 heavy (non-hydrogen) atoms. The molecule has 7 heteroatoms. The van der Waals surface area contributed by atoms with Gasteiger partial charge in [-0.05, 0) is 37.5 Å². The molecule has 0 aliphatic carbocycles. The monoisotopic (exact) mass is 350 g/mol. The summed E-state index contributed by atoms with van der Waals surface area (Å²) in [7, 11) is 0. The van der Waals surface area contributed by atoms with Gasteiger partial charge < -0.3 is 19.9 Å². The van der Waals surface area contributed by atoms with E-state index in [0.717, 1.165) is 31.2 Å². The molecule has 1 aromatic carbocycles. The van der Waals surface area contributed by atoms with Gasteiger partial charge >= 0.3 is 0 Å². The highest BCUT2D eigenvalue weighted by Gasteiger charge is 2.29. The summed E-state index contributed by atoms with van der Waals surface area (Å²) in [5.41, 5.74) is 1.13. The predicted molar refractivity (Wildman–Crippen MR) is 91.6 cm³/mol. The normalized spacial score (nSPS) is 15.5. The van der Waals surface area contributed by atoms with Crippen LogP contribution in [0.15, 0.2) is 22.7 Å². The number of aliphatic hydroxyl groups is 1. The minimum atomic E-state index is -0.204. The Kier molecular flexibility index (Phi) is 5.37. The molecule has 3 rings (SSSR count). The molecule has 128 valence electrons. The van der Waals surface area contributed by atoms with E-state index in [1.807, 2.05) is 6.07 Å². The van der Waals surface area contributed by atoms with Gasteiger partial charge in [0, 0.05) is 12.2 Å². The number of hydrogen-bond donors (Lipinski definition) is 2. The largest absolute Gasteiger partial charge is 0.492 e. The van der Waals surface area contributed by atoms with Gasteiger partial charge in [-0.15, -0.1) is 0 Å². The fourth-order valence-electron chi connectivity index (χ4n) is 2.56. The van der Waals surface area contributed by atoms with E-state index in [-0.39, 0.29) is 25.1 Å². The topological polar surface area (TPSA) is 80.2 Å². The standard InChI is InChI=1S/C17H19ClN2O4/c18-14-13(23-8-4-2-1-3-7-21)6-5-11-9-12-16(22)19-10-20-17(12)24-15(11)14/h5-6,9,21H,1-4,7-8,10H2,(H,19,22). The first-order valence-electron chi connectivity index (χ1n) is 7.99. The Morgan fingerprint density at radius 1 is 1.29 bits per heavy atom. The number of carbonyl (C=O) groups is 1. The number of amides is 1. The Morgan fingerprint density at radius 2 is 2.12 bits per heavy atom. The number of rotatable bonds is 7. The van der Waals surface area contributed by atoms with Gasteiger partial charge in [0.25, 0.3) is 5.91 Å². The van der Waals surface area contributed by atoms with Crippen LogP contribution in [0.25, 0.3) is 6.08 Å². The highest BCUT2D eigenvalue weighted by atomic mass is 35.5. The van der Waals surface area contributed by atoms with Crippen molar-refractivity contribution in [3.05, 3.63) is 28.3 Å². The molecule has 0 aromatic heterocycles. The number of hydrogen-bond acceptors (Lipinski definition) is 5. The maximum atomic E-state index is 11.8. The van der Waals surface area contributed by atoms with Gasteiger partial charge in [0.05, 0.1) is 6.61 Å². The van der Waals surface area contributed by atoms with Crippen molar-refractivity contribution in [2.75, 3.05) is 19.9 Å². The second kappa shape index (κ2) is 7.68. The van der Waals surface area contributed by atoms with Gasteiger partial charge in [-0.25, -0.2) is 4.99 Å². The molecule has 0 saturated carbocycles. The molecule has 0 saturated heterocycles. The van der Waals surface area contributed by atoms with E-state index in [4.69, 9.17) is 26.2 Å². The number of carbonyl (C=O) groups excluding carboxylic acids is 1. The van der Waals surface area contributed by atoms with Gasteiger partial charge in [-0.1, -0.05) is 18.0 Å². The Hall–Kier alpha value is -2.05. The van der Waals surface area contributed by atoms with Gasteiger partial charge in [0.15, 0.2) is 5.75 Å². The zero-order valence-electron chi connectivity index (χ0n) is 13.2. The van der Waals surface area contributed by atoms with E-state index in [1.165, 1.54) is 0 Å². The predicted octanol–water partition coefficient (Wildman–Crippen LogP) is 2.53. The molecule has 2 N–H and O–H groups in total. The summed E-state index contributed by atoms with van der Waals surface area (Å²) in [6, 6.07) is 3.59. The molecule has 1 aromatic rings. The summed E-state index contributed by atoms with van der Waals surface area (Å²) in [5.74, 6) is 1.10. The lowest BCUT2D eigenvalue weighted by atomic mass is 10.1. The highest BCUT2D eigenvalue weighted by Crippen LogP contribution is 2.41. The first kappa shape index (κ1) is 16.8. The lowest BCUT2D eigenvalue weighted by Gasteiger charge is -2.23. The third-order valence-electron chi connectivity index (χ3n) is 3.84. The molecule has 0 atom stereocenters. The Balaban J connectivity index is 1.70. The van der Waals surface area contributed by atoms with Crippen LogP contribution in [0.1, 0.15) is 31.2 Å². The SMILES string of the molecule is O=C1NCN=C2Oc3c(ccc(OCCCCCCO)c3Cl)C=C12. The van der Waals surface area contributed by atoms with Crippen LogP contribution in [0, 0.1) is 0 Å². The fourth-order valence-corrected chi connectivity index (χ4v) is 2.82. The van der Waals surface area contributed by atoms with Crippen molar-refractivity contribution in [3.8, 4) is 11.5 Å². The molecule has 0 bridgehead atoms. The summed E-state index contributed by atoms with van der Waals surface area (Å²) in [5, 5.41) is 11.8. The number of nitrogens with one attached hydrogen (secondary N) is 1. The third-order valence-corrected chi connectivity index (χ3v) is 4.20. The molecule has 1 amide bonds. The van der Waals surface area contributed by atoms with Crippen molar-refractivity contribution in [1.82, 2.24) is 5.32 Å². The second-order valence-electron chi connectivity index (χ2n) is 5.57. The lowest BCUT2D eigenvalue weighted by molar-refractivity contribution is -0.117. The van der Waals surface area contributed by atoms with Crippen LogP contribution in [-0.4, -0.2) is 36.8 Å². The van der Waals surface area contributed by atoms with E-state index in [0.29, 0.717) is 28.7 Å². The van der Waals surface area contributed by atoms with Gasteiger partial charge in [0.1, 0.15) is 23.0 Å². The summed E-state index contributed by atoms with van der Waals surface area (Å²) in [6.07, 6.45) is 5.41. The molecule has 0 unspecified atom stereocenters. The van der Waals surface area contributed by atoms with Crippen molar-refractivity contribution in [1.29, 1.82) is 0 Å². The average Bonchev–Trinajstić information content (AvgIpc) is 2.59. The van der Waals surface area contributed by atoms with Gasteiger partial charge in [-0.3, -0.25) is 4.79 Å². The van der Waals surface area contributed by atoms with Crippen molar-refractivity contribution >= 4 is 29.5 Å². The number of aliphatic imine (C=N–C) groups is 1. The quantitative estimate of drug-likeness (QED) is 0.740. The van der Waals surface area contributed by atoms with Crippen LogP contribution in [-0.2, 0) is 4.79 Å². The number of aliphatic hydroxyl groups excluding tert-OH is 1. The van der Waals surface area contributed by atoms with Crippen LogP contribution in [0.5, 0.6) is 11.5 Å². The van der Waals surface area contributed by atoms with Crippen molar-refractivity contribution in [2.45, 2.75) is 25.7 Å². The first-order chi connectivity index (χ1) is 11.7. The zero-order chi connectivity index (χ0) is 16.9. The van der Waals surface area contributed by atoms with E-state index in [1.54, 1.807) is 12.1 Å². The van der Waals surface area contributed by atoms with E-state index < -0.39 is 0 Å². The molecular weight excluding hydrogens is 332 g/mol. The Labute approximate surface area is 145 Å². The number of fused-ring (bicyclic) bond motifs is 2. The van der Waals surface area contributed by atoms with Crippen LogP contribution >= 0.6 is 11.6 Å². The van der Waals surface area contributed by atoms with Crippen molar-refractivity contribution in [3.63, 3.8) is 0 Å². The molecule has 2 heterocycles. The maximum absolute atomic E-state index is 11.8. The summed E-state index contributed by atoms with van der Waals surface area (Å²) >= 11 is 6.39. The summed E-state index contributed by atoms with van der Waals surface area (Å²) < 4.78 is 11.4. The smallest absolute Gasteiger partial charge is 0.258 e. The minimum Gasteiger partial charge on any atom is -0.492 e. The Morgan fingerprint density at radius 3 is 2.96 bits per heavy atom. The van der Waals surface area contributed by atoms with Crippen molar-refractivity contribution in [2.24, 2.45) is 4.99 Å². The number of ether oxygens (including phenoxy) is 2. The zero-order valence-corrected chi connectivity index (χ0v) is 13.9. The summed E-state index contributed by atoms with van der Waals surface area (Å²) in [4.78, 5) is 16.0. The fraction of sp³-hybridized carbons (Fsp3) is 0.412. The Bertz CT molecular complexity index is 700. The molecular formula is C17H19ClN2O4. The second-order valence-corrected chi connectivity index (χ2v) is 5.95. The molecule has 0 spiro atoms. The minimum absolute atomic E-state index is 0.197.